The number of nitrogens with two attached hydrogens (primary N) is 1. The highest BCUT2D eigenvalue weighted by Crippen LogP contribution is 2.32. The lowest BCUT2D eigenvalue weighted by Gasteiger charge is -2.11. The minimum atomic E-state index is -0.479. The molecule has 102 valence electrons. The summed E-state index contributed by atoms with van der Waals surface area (Å²) in [5, 5.41) is 15.1. The Morgan fingerprint density at radius 2 is 2.26 bits per heavy atom. The van der Waals surface area contributed by atoms with E-state index in [1.165, 1.54) is 9.56 Å². The molecule has 0 aliphatic heterocycles. The van der Waals surface area contributed by atoms with Gasteiger partial charge in [-0.3, -0.25) is 10.1 Å². The van der Waals surface area contributed by atoms with Gasteiger partial charge in [0.2, 0.25) is 5.82 Å². The van der Waals surface area contributed by atoms with Gasteiger partial charge in [-0.25, -0.2) is 4.68 Å². The van der Waals surface area contributed by atoms with Crippen LogP contribution >= 0.6 is 11.3 Å². The van der Waals surface area contributed by atoms with E-state index in [-0.39, 0.29) is 17.5 Å². The standard InChI is InChI=1S/C12H16N4O2S/c1-4-9-5-6-10(19-9)8(3)15-12(13)11(16(17)18)7(2)14-15/h5-6,8H,4,13H2,1-3H3. The highest BCUT2D eigenvalue weighted by Gasteiger charge is 2.26. The number of aromatic nitrogens is 2. The molecule has 0 radical (unpaired) electrons. The Morgan fingerprint density at radius 3 is 2.74 bits per heavy atom. The number of nitrogen functional groups attached to an aromatic ring is 1. The molecule has 1 unspecified atom stereocenters. The first-order valence-electron chi connectivity index (χ1n) is 6.03. The Kier molecular flexibility index (Phi) is 3.57. The summed E-state index contributed by atoms with van der Waals surface area (Å²) >= 11 is 1.68. The first-order valence-corrected chi connectivity index (χ1v) is 6.84. The molecule has 1 atom stereocenters. The molecule has 7 heteroatoms. The van der Waals surface area contributed by atoms with Crippen LogP contribution in [-0.4, -0.2) is 14.7 Å². The summed E-state index contributed by atoms with van der Waals surface area (Å²) in [6.07, 6.45) is 0.977. The molecule has 2 N–H and O–H groups in total. The molecule has 2 heterocycles. The maximum atomic E-state index is 10.9. The molecule has 0 bridgehead atoms. The van der Waals surface area contributed by atoms with E-state index in [0.717, 1.165) is 11.3 Å². The third kappa shape index (κ3) is 2.33. The van der Waals surface area contributed by atoms with Gasteiger partial charge in [0.25, 0.3) is 0 Å². The zero-order valence-corrected chi connectivity index (χ0v) is 11.9. The molecule has 0 fully saturated rings. The average Bonchev–Trinajstić information content (AvgIpc) is 2.93. The van der Waals surface area contributed by atoms with Gasteiger partial charge in [-0.2, -0.15) is 5.10 Å². The van der Waals surface area contributed by atoms with Crippen molar-refractivity contribution in [2.24, 2.45) is 0 Å². The summed E-state index contributed by atoms with van der Waals surface area (Å²) in [6.45, 7) is 5.64. The van der Waals surface area contributed by atoms with Crippen molar-refractivity contribution in [1.82, 2.24) is 9.78 Å². The molecule has 0 aliphatic rings. The van der Waals surface area contributed by atoms with Crippen molar-refractivity contribution in [3.05, 3.63) is 37.7 Å². The zero-order chi connectivity index (χ0) is 14.2. The molecule has 19 heavy (non-hydrogen) atoms. The molecule has 2 aromatic rings. The second-order valence-electron chi connectivity index (χ2n) is 4.35. The molecule has 0 amide bonds. The molecule has 2 aromatic heterocycles. The number of anilines is 1. The number of nitro groups is 1. The maximum absolute atomic E-state index is 10.9. The van der Waals surface area contributed by atoms with Crippen molar-refractivity contribution in [2.45, 2.75) is 33.2 Å². The highest BCUT2D eigenvalue weighted by molar-refractivity contribution is 7.12. The Hall–Kier alpha value is -1.89. The van der Waals surface area contributed by atoms with Crippen LogP contribution in [0, 0.1) is 17.0 Å². The van der Waals surface area contributed by atoms with Gasteiger partial charge in [0.05, 0.1) is 11.0 Å². The predicted octanol–water partition coefficient (Wildman–Crippen LogP) is 2.92. The van der Waals surface area contributed by atoms with Gasteiger partial charge in [0.15, 0.2) is 0 Å². The number of hydrogen-bond acceptors (Lipinski definition) is 5. The fourth-order valence-electron chi connectivity index (χ4n) is 2.01. The number of aryl methyl sites for hydroxylation is 2. The Morgan fingerprint density at radius 1 is 1.58 bits per heavy atom. The predicted molar refractivity (Wildman–Crippen MR) is 75.5 cm³/mol. The van der Waals surface area contributed by atoms with E-state index >= 15 is 0 Å². The molecule has 0 saturated heterocycles. The smallest absolute Gasteiger partial charge is 0.333 e. The Balaban J connectivity index is 2.41. The second-order valence-corrected chi connectivity index (χ2v) is 5.55. The Bertz CT molecular complexity index is 617. The van der Waals surface area contributed by atoms with E-state index in [4.69, 9.17) is 5.73 Å². The first kappa shape index (κ1) is 13.5. The number of hydrogen-bond donors (Lipinski definition) is 1. The van der Waals surface area contributed by atoms with E-state index in [0.29, 0.717) is 5.69 Å². The molecular weight excluding hydrogens is 264 g/mol. The largest absolute Gasteiger partial charge is 0.378 e. The fourth-order valence-corrected chi connectivity index (χ4v) is 3.00. The van der Waals surface area contributed by atoms with Gasteiger partial charge < -0.3 is 5.73 Å². The van der Waals surface area contributed by atoms with Gasteiger partial charge >= 0.3 is 5.69 Å². The van der Waals surface area contributed by atoms with Crippen molar-refractivity contribution >= 4 is 22.8 Å². The zero-order valence-electron chi connectivity index (χ0n) is 11.1. The molecule has 0 saturated carbocycles. The van der Waals surface area contributed by atoms with Crippen molar-refractivity contribution < 1.29 is 4.92 Å². The molecule has 0 aromatic carbocycles. The van der Waals surface area contributed by atoms with Crippen LogP contribution in [0.25, 0.3) is 0 Å². The molecular formula is C12H16N4O2S. The SMILES string of the molecule is CCc1ccc(C(C)n2nc(C)c([N+](=O)[O-])c2N)s1. The van der Waals surface area contributed by atoms with E-state index < -0.39 is 4.92 Å². The monoisotopic (exact) mass is 280 g/mol. The first-order chi connectivity index (χ1) is 8.95. The normalized spacial score (nSPS) is 12.6. The van der Waals surface area contributed by atoms with Crippen LogP contribution in [0.4, 0.5) is 11.5 Å². The average molecular weight is 280 g/mol. The van der Waals surface area contributed by atoms with Gasteiger partial charge in [0.1, 0.15) is 5.69 Å². The van der Waals surface area contributed by atoms with Gasteiger partial charge in [0, 0.05) is 9.75 Å². The summed E-state index contributed by atoms with van der Waals surface area (Å²) in [5.74, 6) is 0.112. The summed E-state index contributed by atoms with van der Waals surface area (Å²) in [5.41, 5.74) is 6.10. The summed E-state index contributed by atoms with van der Waals surface area (Å²) in [4.78, 5) is 12.8. The van der Waals surface area contributed by atoms with Crippen LogP contribution in [0.2, 0.25) is 0 Å². The quantitative estimate of drug-likeness (QED) is 0.689. The van der Waals surface area contributed by atoms with Crippen LogP contribution < -0.4 is 5.73 Å². The fraction of sp³-hybridized carbons (Fsp3) is 0.417. The maximum Gasteiger partial charge on any atom is 0.333 e. The summed E-state index contributed by atoms with van der Waals surface area (Å²) in [6, 6.07) is 3.99. The van der Waals surface area contributed by atoms with Crippen molar-refractivity contribution in [2.75, 3.05) is 5.73 Å². The van der Waals surface area contributed by atoms with Crippen molar-refractivity contribution in [3.8, 4) is 0 Å². The number of nitrogens with zero attached hydrogens (tertiary/aromatic N) is 3. The Labute approximate surface area is 115 Å². The molecule has 0 spiro atoms. The summed E-state index contributed by atoms with van der Waals surface area (Å²) in [7, 11) is 0. The molecule has 2 rings (SSSR count). The van der Waals surface area contributed by atoms with Gasteiger partial charge in [-0.1, -0.05) is 6.92 Å². The van der Waals surface area contributed by atoms with Crippen LogP contribution in [0.1, 0.15) is 35.3 Å². The van der Waals surface area contributed by atoms with Crippen molar-refractivity contribution in [3.63, 3.8) is 0 Å². The second kappa shape index (κ2) is 5.00. The number of thiophene rings is 1. The molecule has 0 aliphatic carbocycles. The van der Waals surface area contributed by atoms with E-state index in [2.05, 4.69) is 18.1 Å². The van der Waals surface area contributed by atoms with Crippen LogP contribution in [0.3, 0.4) is 0 Å². The van der Waals surface area contributed by atoms with E-state index in [1.54, 1.807) is 18.3 Å². The topological polar surface area (TPSA) is 87.0 Å². The lowest BCUT2D eigenvalue weighted by atomic mass is 10.2. The third-order valence-electron chi connectivity index (χ3n) is 3.08. The highest BCUT2D eigenvalue weighted by atomic mass is 32.1. The lowest BCUT2D eigenvalue weighted by Crippen LogP contribution is -2.10. The minimum Gasteiger partial charge on any atom is -0.378 e. The van der Waals surface area contributed by atoms with Crippen LogP contribution in [0.5, 0.6) is 0 Å². The van der Waals surface area contributed by atoms with E-state index in [9.17, 15) is 10.1 Å². The third-order valence-corrected chi connectivity index (χ3v) is 4.48. The summed E-state index contributed by atoms with van der Waals surface area (Å²) < 4.78 is 1.53. The van der Waals surface area contributed by atoms with E-state index in [1.807, 2.05) is 13.0 Å². The van der Waals surface area contributed by atoms with Crippen molar-refractivity contribution in [1.29, 1.82) is 0 Å². The lowest BCUT2D eigenvalue weighted by molar-refractivity contribution is -0.384. The van der Waals surface area contributed by atoms with Crippen LogP contribution in [0.15, 0.2) is 12.1 Å². The number of rotatable bonds is 4. The molecule has 6 nitrogen and oxygen atoms in total. The van der Waals surface area contributed by atoms with Crippen LogP contribution in [-0.2, 0) is 6.42 Å². The minimum absolute atomic E-state index is 0.0980. The van der Waals surface area contributed by atoms with Gasteiger partial charge in [-0.15, -0.1) is 11.3 Å². The van der Waals surface area contributed by atoms with Gasteiger partial charge in [-0.05, 0) is 32.4 Å².